The third-order valence-electron chi connectivity index (χ3n) is 4.79. The Kier molecular flexibility index (Phi) is 5.82. The lowest BCUT2D eigenvalue weighted by Gasteiger charge is -2.37. The van der Waals surface area contributed by atoms with Gasteiger partial charge in [-0.25, -0.2) is 0 Å². The van der Waals surface area contributed by atoms with Gasteiger partial charge in [0.15, 0.2) is 5.78 Å². The number of carbonyl (C=O) groups is 1. The predicted octanol–water partition coefficient (Wildman–Crippen LogP) is 4.05. The Hall–Kier alpha value is -1.49. The number of rotatable bonds is 6. The third-order valence-corrected chi connectivity index (χ3v) is 5.87. The van der Waals surface area contributed by atoms with E-state index < -0.39 is 0 Å². The standard InChI is InChI=1S/C20H26N2OS/c1-16(23)20-11-18(15-24-20)13-22-10-6-9-19(14-22)21(2)12-17-7-4-3-5-8-17/h3-5,7-8,11,15,19H,6,9-10,12-14H2,1-2H3. The normalized spacial score (nSPS) is 18.9. The van der Waals surface area contributed by atoms with Gasteiger partial charge in [0, 0.05) is 25.7 Å². The molecule has 1 unspecified atom stereocenters. The lowest BCUT2D eigenvalue weighted by Crippen LogP contribution is -2.45. The van der Waals surface area contributed by atoms with Gasteiger partial charge < -0.3 is 0 Å². The SMILES string of the molecule is CC(=O)c1cc(CN2CCCC(N(C)Cc3ccccc3)C2)cs1. The molecule has 2 heterocycles. The van der Waals surface area contributed by atoms with Gasteiger partial charge in [-0.2, -0.15) is 0 Å². The zero-order valence-corrected chi connectivity index (χ0v) is 15.4. The van der Waals surface area contributed by atoms with Crippen LogP contribution >= 0.6 is 11.3 Å². The number of hydrogen-bond acceptors (Lipinski definition) is 4. The van der Waals surface area contributed by atoms with Crippen LogP contribution < -0.4 is 0 Å². The predicted molar refractivity (Wildman–Crippen MR) is 101 cm³/mol. The molecule has 1 saturated heterocycles. The summed E-state index contributed by atoms with van der Waals surface area (Å²) in [5.74, 6) is 0.172. The Labute approximate surface area is 148 Å². The van der Waals surface area contributed by atoms with Gasteiger partial charge in [-0.15, -0.1) is 11.3 Å². The van der Waals surface area contributed by atoms with Crippen LogP contribution in [0.25, 0.3) is 0 Å². The number of benzene rings is 1. The number of hydrogen-bond donors (Lipinski definition) is 0. The lowest BCUT2D eigenvalue weighted by atomic mass is 10.0. The third kappa shape index (κ3) is 4.53. The van der Waals surface area contributed by atoms with Gasteiger partial charge >= 0.3 is 0 Å². The van der Waals surface area contributed by atoms with Gasteiger partial charge in [0.2, 0.25) is 0 Å². The summed E-state index contributed by atoms with van der Waals surface area (Å²) in [5.41, 5.74) is 2.65. The Bertz CT molecular complexity index is 667. The van der Waals surface area contributed by atoms with Crippen molar-refractivity contribution in [2.24, 2.45) is 0 Å². The first kappa shape index (κ1) is 17.3. The highest BCUT2D eigenvalue weighted by molar-refractivity contribution is 7.12. The molecule has 0 saturated carbocycles. The minimum absolute atomic E-state index is 0.172. The minimum atomic E-state index is 0.172. The van der Waals surface area contributed by atoms with Crippen LogP contribution in [0, 0.1) is 0 Å². The van der Waals surface area contributed by atoms with Crippen molar-refractivity contribution in [3.05, 3.63) is 57.8 Å². The van der Waals surface area contributed by atoms with Gasteiger partial charge in [0.05, 0.1) is 4.88 Å². The van der Waals surface area contributed by atoms with E-state index in [-0.39, 0.29) is 5.78 Å². The van der Waals surface area contributed by atoms with Crippen LogP contribution in [0.5, 0.6) is 0 Å². The molecule has 1 aromatic carbocycles. The number of likely N-dealkylation sites (N-methyl/N-ethyl adjacent to an activating group) is 1. The first-order chi connectivity index (χ1) is 11.6. The summed E-state index contributed by atoms with van der Waals surface area (Å²) in [7, 11) is 2.24. The molecule has 128 valence electrons. The summed E-state index contributed by atoms with van der Waals surface area (Å²) < 4.78 is 0. The van der Waals surface area contributed by atoms with E-state index in [1.807, 2.05) is 0 Å². The van der Waals surface area contributed by atoms with Crippen molar-refractivity contribution < 1.29 is 4.79 Å². The maximum atomic E-state index is 11.5. The average molecular weight is 343 g/mol. The second-order valence-electron chi connectivity index (χ2n) is 6.81. The van der Waals surface area contributed by atoms with Crippen molar-refractivity contribution in [3.8, 4) is 0 Å². The number of nitrogens with zero attached hydrogens (tertiary/aromatic N) is 2. The van der Waals surface area contributed by atoms with E-state index >= 15 is 0 Å². The number of thiophene rings is 1. The zero-order valence-electron chi connectivity index (χ0n) is 14.6. The van der Waals surface area contributed by atoms with Crippen molar-refractivity contribution in [2.45, 2.75) is 38.9 Å². The second kappa shape index (κ2) is 8.06. The lowest BCUT2D eigenvalue weighted by molar-refractivity contribution is 0.102. The van der Waals surface area contributed by atoms with E-state index in [9.17, 15) is 4.79 Å². The molecule has 2 aromatic rings. The van der Waals surface area contributed by atoms with Crippen LogP contribution in [0.2, 0.25) is 0 Å². The van der Waals surface area contributed by atoms with Crippen molar-refractivity contribution in [1.82, 2.24) is 9.80 Å². The van der Waals surface area contributed by atoms with Crippen molar-refractivity contribution in [1.29, 1.82) is 0 Å². The van der Waals surface area contributed by atoms with Crippen LogP contribution in [0.15, 0.2) is 41.8 Å². The second-order valence-corrected chi connectivity index (χ2v) is 7.72. The van der Waals surface area contributed by atoms with Gasteiger partial charge in [-0.05, 0) is 55.9 Å². The molecule has 1 fully saturated rings. The van der Waals surface area contributed by atoms with Crippen LogP contribution in [-0.2, 0) is 13.1 Å². The molecular weight excluding hydrogens is 316 g/mol. The number of likely N-dealkylation sites (tertiary alicyclic amines) is 1. The minimum Gasteiger partial charge on any atom is -0.298 e. The van der Waals surface area contributed by atoms with Crippen molar-refractivity contribution in [2.75, 3.05) is 20.1 Å². The first-order valence-corrected chi connectivity index (χ1v) is 9.54. The molecule has 0 radical (unpaired) electrons. The summed E-state index contributed by atoms with van der Waals surface area (Å²) in [5, 5.41) is 2.13. The van der Waals surface area contributed by atoms with E-state index in [0.717, 1.165) is 31.1 Å². The molecule has 0 spiro atoms. The molecule has 0 N–H and O–H groups in total. The molecule has 1 atom stereocenters. The molecule has 1 aliphatic rings. The van der Waals surface area contributed by atoms with Gasteiger partial charge in [-0.3, -0.25) is 14.6 Å². The Morgan fingerprint density at radius 2 is 2.08 bits per heavy atom. The molecule has 0 amide bonds. The van der Waals surface area contributed by atoms with E-state index in [1.165, 1.54) is 24.0 Å². The quantitative estimate of drug-likeness (QED) is 0.740. The topological polar surface area (TPSA) is 23.6 Å². The largest absolute Gasteiger partial charge is 0.298 e. The van der Waals surface area contributed by atoms with Crippen LogP contribution in [-0.4, -0.2) is 41.8 Å². The molecule has 0 aliphatic carbocycles. The van der Waals surface area contributed by atoms with Crippen molar-refractivity contribution >= 4 is 17.1 Å². The number of piperidine rings is 1. The smallest absolute Gasteiger partial charge is 0.169 e. The highest BCUT2D eigenvalue weighted by Crippen LogP contribution is 2.21. The molecule has 24 heavy (non-hydrogen) atoms. The summed E-state index contributed by atoms with van der Waals surface area (Å²) in [6, 6.07) is 13.4. The fourth-order valence-corrected chi connectivity index (χ4v) is 4.24. The molecule has 1 aliphatic heterocycles. The van der Waals surface area contributed by atoms with Crippen molar-refractivity contribution in [3.63, 3.8) is 0 Å². The summed E-state index contributed by atoms with van der Waals surface area (Å²) in [4.78, 5) is 17.3. The Morgan fingerprint density at radius 3 is 2.79 bits per heavy atom. The molecule has 0 bridgehead atoms. The maximum absolute atomic E-state index is 11.5. The number of ketones is 1. The van der Waals surface area contributed by atoms with E-state index in [2.05, 4.69) is 58.6 Å². The summed E-state index contributed by atoms with van der Waals surface area (Å²) >= 11 is 1.57. The molecule has 4 heteroatoms. The first-order valence-electron chi connectivity index (χ1n) is 8.66. The Morgan fingerprint density at radius 1 is 1.29 bits per heavy atom. The van der Waals surface area contributed by atoms with Gasteiger partial charge in [0.25, 0.3) is 0 Å². The molecule has 1 aromatic heterocycles. The number of Topliss-reactive ketones (excluding diaryl/α,β-unsaturated/α-hetero) is 1. The summed E-state index contributed by atoms with van der Waals surface area (Å²) in [6.45, 7) is 5.87. The molecular formula is C20H26N2OS. The summed E-state index contributed by atoms with van der Waals surface area (Å²) in [6.07, 6.45) is 2.51. The average Bonchev–Trinajstić information content (AvgIpc) is 3.05. The van der Waals surface area contributed by atoms with E-state index in [4.69, 9.17) is 0 Å². The monoisotopic (exact) mass is 342 g/mol. The zero-order chi connectivity index (χ0) is 16.9. The van der Waals surface area contributed by atoms with E-state index in [1.54, 1.807) is 18.3 Å². The fraction of sp³-hybridized carbons (Fsp3) is 0.450. The highest BCUT2D eigenvalue weighted by atomic mass is 32.1. The maximum Gasteiger partial charge on any atom is 0.169 e. The fourth-order valence-electron chi connectivity index (χ4n) is 3.44. The van der Waals surface area contributed by atoms with Gasteiger partial charge in [-0.1, -0.05) is 30.3 Å². The Balaban J connectivity index is 1.56. The van der Waals surface area contributed by atoms with Gasteiger partial charge in [0.1, 0.15) is 0 Å². The molecule has 3 nitrogen and oxygen atoms in total. The number of carbonyl (C=O) groups excluding carboxylic acids is 1. The van der Waals surface area contributed by atoms with Crippen LogP contribution in [0.4, 0.5) is 0 Å². The van der Waals surface area contributed by atoms with Crippen LogP contribution in [0.3, 0.4) is 0 Å². The van der Waals surface area contributed by atoms with E-state index in [0.29, 0.717) is 6.04 Å². The molecule has 3 rings (SSSR count). The van der Waals surface area contributed by atoms with Crippen LogP contribution in [0.1, 0.15) is 40.6 Å². The highest BCUT2D eigenvalue weighted by Gasteiger charge is 2.23.